The molecule has 8 heteroatoms. The van der Waals surface area contributed by atoms with Gasteiger partial charge in [0, 0.05) is 29.9 Å². The van der Waals surface area contributed by atoms with Crippen molar-refractivity contribution in [3.63, 3.8) is 0 Å². The molecule has 2 rings (SSSR count). The first kappa shape index (κ1) is 15.9. The Hall–Kier alpha value is -1.51. The van der Waals surface area contributed by atoms with E-state index in [1.165, 1.54) is 29.7 Å². The smallest absolute Gasteiger partial charge is 0.241 e. The minimum Gasteiger partial charge on any atom is -0.370 e. The van der Waals surface area contributed by atoms with Crippen molar-refractivity contribution < 1.29 is 8.42 Å². The lowest BCUT2D eigenvalue weighted by Crippen LogP contribution is -2.23. The van der Waals surface area contributed by atoms with Crippen molar-refractivity contribution in [3.05, 3.63) is 34.4 Å². The molecule has 114 valence electrons. The first-order chi connectivity index (χ1) is 10.0. The van der Waals surface area contributed by atoms with Gasteiger partial charge < -0.3 is 5.32 Å². The minimum atomic E-state index is -3.56. The Kier molecular flexibility index (Phi) is 5.27. The molecule has 0 spiro atoms. The van der Waals surface area contributed by atoms with Gasteiger partial charge in [0.15, 0.2) is 0 Å². The van der Waals surface area contributed by atoms with Gasteiger partial charge in [-0.25, -0.2) is 23.1 Å². The summed E-state index contributed by atoms with van der Waals surface area (Å²) in [5.41, 5.74) is 0. The van der Waals surface area contributed by atoms with Gasteiger partial charge in [-0.1, -0.05) is 6.92 Å². The number of sulfonamides is 1. The number of aryl methyl sites for hydroxylation is 1. The molecular weight excluding hydrogens is 308 g/mol. The molecule has 0 fully saturated rings. The molecule has 0 aliphatic carbocycles. The Morgan fingerprint density at radius 1 is 1.33 bits per heavy atom. The highest BCUT2D eigenvalue weighted by molar-refractivity contribution is 7.89. The van der Waals surface area contributed by atoms with E-state index in [1.807, 2.05) is 13.8 Å². The molecule has 2 heterocycles. The van der Waals surface area contributed by atoms with E-state index in [4.69, 9.17) is 0 Å². The van der Waals surface area contributed by atoms with Crippen LogP contribution < -0.4 is 10.0 Å². The summed E-state index contributed by atoms with van der Waals surface area (Å²) < 4.78 is 27.0. The van der Waals surface area contributed by atoms with Crippen LogP contribution in [0, 0.1) is 6.92 Å². The molecule has 2 aromatic rings. The predicted molar refractivity (Wildman–Crippen MR) is 83.9 cm³/mol. The molecule has 0 radical (unpaired) electrons. The standard InChI is InChI=1S/C13H18N4O2S2/c1-3-5-14-12-7-11(4-6-15-12)21(18,19)17-9-13-16-8-10(2)20-13/h4,6-8,17H,3,5,9H2,1-2H3,(H,14,15). The molecule has 2 N–H and O–H groups in total. The SMILES string of the molecule is CCCNc1cc(S(=O)(=O)NCc2ncc(C)s2)ccn1. The molecule has 0 aromatic carbocycles. The summed E-state index contributed by atoms with van der Waals surface area (Å²) in [6.45, 7) is 4.92. The molecule has 0 saturated carbocycles. The topological polar surface area (TPSA) is 84.0 Å². The van der Waals surface area contributed by atoms with E-state index >= 15 is 0 Å². The van der Waals surface area contributed by atoms with Crippen LogP contribution in [0.3, 0.4) is 0 Å². The largest absolute Gasteiger partial charge is 0.370 e. The molecule has 0 amide bonds. The zero-order chi connectivity index (χ0) is 15.3. The van der Waals surface area contributed by atoms with Crippen molar-refractivity contribution in [1.82, 2.24) is 14.7 Å². The lowest BCUT2D eigenvalue weighted by atomic mass is 10.4. The third-order valence-electron chi connectivity index (χ3n) is 2.68. The van der Waals surface area contributed by atoms with Crippen molar-refractivity contribution >= 4 is 27.2 Å². The third kappa shape index (κ3) is 4.48. The van der Waals surface area contributed by atoms with Crippen LogP contribution in [0.4, 0.5) is 5.82 Å². The quantitative estimate of drug-likeness (QED) is 0.814. The van der Waals surface area contributed by atoms with Gasteiger partial charge in [-0.15, -0.1) is 11.3 Å². The zero-order valence-corrected chi connectivity index (χ0v) is 13.6. The summed E-state index contributed by atoms with van der Waals surface area (Å²) in [5, 5.41) is 3.82. The molecule has 0 unspecified atom stereocenters. The van der Waals surface area contributed by atoms with Crippen LogP contribution in [0.15, 0.2) is 29.4 Å². The van der Waals surface area contributed by atoms with Gasteiger partial charge in [-0.3, -0.25) is 0 Å². The maximum absolute atomic E-state index is 12.2. The highest BCUT2D eigenvalue weighted by atomic mass is 32.2. The van der Waals surface area contributed by atoms with E-state index in [0.29, 0.717) is 5.82 Å². The van der Waals surface area contributed by atoms with Crippen molar-refractivity contribution in [1.29, 1.82) is 0 Å². The summed E-state index contributed by atoms with van der Waals surface area (Å²) in [5.74, 6) is 0.560. The van der Waals surface area contributed by atoms with E-state index < -0.39 is 10.0 Å². The Balaban J connectivity index is 2.08. The average molecular weight is 326 g/mol. The molecule has 2 aromatic heterocycles. The number of anilines is 1. The first-order valence-corrected chi connectivity index (χ1v) is 8.92. The van der Waals surface area contributed by atoms with Crippen molar-refractivity contribution in [2.45, 2.75) is 31.7 Å². The van der Waals surface area contributed by atoms with E-state index in [9.17, 15) is 8.42 Å². The van der Waals surface area contributed by atoms with E-state index in [0.717, 1.165) is 22.9 Å². The van der Waals surface area contributed by atoms with Crippen LogP contribution in [0.5, 0.6) is 0 Å². The Labute approximate surface area is 128 Å². The summed E-state index contributed by atoms with van der Waals surface area (Å²) >= 11 is 1.48. The van der Waals surface area contributed by atoms with Gasteiger partial charge in [0.1, 0.15) is 10.8 Å². The second-order valence-corrected chi connectivity index (χ2v) is 7.58. The fraction of sp³-hybridized carbons (Fsp3) is 0.385. The van der Waals surface area contributed by atoms with Gasteiger partial charge in [0.2, 0.25) is 10.0 Å². The molecule has 6 nitrogen and oxygen atoms in total. The van der Waals surface area contributed by atoms with Crippen LogP contribution in [-0.4, -0.2) is 24.9 Å². The van der Waals surface area contributed by atoms with Crippen LogP contribution in [0.25, 0.3) is 0 Å². The average Bonchev–Trinajstić information content (AvgIpc) is 2.89. The fourth-order valence-corrected chi connectivity index (χ4v) is 3.47. The number of thiazole rings is 1. The van der Waals surface area contributed by atoms with Gasteiger partial charge in [0.25, 0.3) is 0 Å². The van der Waals surface area contributed by atoms with Crippen molar-refractivity contribution in [2.24, 2.45) is 0 Å². The summed E-state index contributed by atoms with van der Waals surface area (Å²) in [6.07, 6.45) is 4.16. The predicted octanol–water partition coefficient (Wildman–Crippen LogP) is 2.15. The van der Waals surface area contributed by atoms with E-state index in [-0.39, 0.29) is 11.4 Å². The zero-order valence-electron chi connectivity index (χ0n) is 12.0. The van der Waals surface area contributed by atoms with Crippen molar-refractivity contribution in [2.75, 3.05) is 11.9 Å². The maximum Gasteiger partial charge on any atom is 0.241 e. The van der Waals surface area contributed by atoms with Crippen LogP contribution in [0.2, 0.25) is 0 Å². The number of nitrogens with one attached hydrogen (secondary N) is 2. The molecule has 21 heavy (non-hydrogen) atoms. The number of pyridine rings is 1. The second kappa shape index (κ2) is 6.97. The lowest BCUT2D eigenvalue weighted by Gasteiger charge is -2.08. The normalized spacial score (nSPS) is 11.5. The second-order valence-electron chi connectivity index (χ2n) is 4.49. The Morgan fingerprint density at radius 3 is 2.81 bits per heavy atom. The van der Waals surface area contributed by atoms with Gasteiger partial charge in [0.05, 0.1) is 11.4 Å². The minimum absolute atomic E-state index is 0.195. The molecule has 0 atom stereocenters. The molecule has 0 aliphatic rings. The van der Waals surface area contributed by atoms with Crippen LogP contribution >= 0.6 is 11.3 Å². The number of hydrogen-bond donors (Lipinski definition) is 2. The van der Waals surface area contributed by atoms with E-state index in [1.54, 1.807) is 6.20 Å². The summed E-state index contributed by atoms with van der Waals surface area (Å²) in [6, 6.07) is 3.01. The maximum atomic E-state index is 12.2. The summed E-state index contributed by atoms with van der Waals surface area (Å²) in [4.78, 5) is 9.49. The highest BCUT2D eigenvalue weighted by Crippen LogP contribution is 2.15. The van der Waals surface area contributed by atoms with Crippen LogP contribution in [0.1, 0.15) is 23.2 Å². The first-order valence-electron chi connectivity index (χ1n) is 6.62. The van der Waals surface area contributed by atoms with E-state index in [2.05, 4.69) is 20.0 Å². The lowest BCUT2D eigenvalue weighted by molar-refractivity contribution is 0.581. The van der Waals surface area contributed by atoms with Gasteiger partial charge in [-0.2, -0.15) is 0 Å². The molecule has 0 saturated heterocycles. The van der Waals surface area contributed by atoms with Gasteiger partial charge >= 0.3 is 0 Å². The molecule has 0 aliphatic heterocycles. The number of aromatic nitrogens is 2. The number of hydrogen-bond acceptors (Lipinski definition) is 6. The monoisotopic (exact) mass is 326 g/mol. The van der Waals surface area contributed by atoms with Crippen molar-refractivity contribution in [3.8, 4) is 0 Å². The number of nitrogens with zero attached hydrogens (tertiary/aromatic N) is 2. The Bertz CT molecular complexity index is 698. The third-order valence-corrected chi connectivity index (χ3v) is 4.99. The van der Waals surface area contributed by atoms with Crippen LogP contribution in [-0.2, 0) is 16.6 Å². The van der Waals surface area contributed by atoms with Gasteiger partial charge in [-0.05, 0) is 19.4 Å². The molecule has 0 bridgehead atoms. The number of rotatable bonds is 7. The summed E-state index contributed by atoms with van der Waals surface area (Å²) in [7, 11) is -3.56. The Morgan fingerprint density at radius 2 is 2.14 bits per heavy atom. The molecular formula is C13H18N4O2S2. The fourth-order valence-electron chi connectivity index (χ4n) is 1.65. The highest BCUT2D eigenvalue weighted by Gasteiger charge is 2.15.